The van der Waals surface area contributed by atoms with Crippen LogP contribution in [0.3, 0.4) is 0 Å². The van der Waals surface area contributed by atoms with Crippen LogP contribution in [0.5, 0.6) is 0 Å². The highest BCUT2D eigenvalue weighted by Crippen LogP contribution is 2.22. The summed E-state index contributed by atoms with van der Waals surface area (Å²) < 4.78 is 32.1. The summed E-state index contributed by atoms with van der Waals surface area (Å²) in [5, 5.41) is 0. The molecule has 1 unspecified atom stereocenters. The average Bonchev–Trinajstić information content (AvgIpc) is 2.79. The standard InChI is InChI=1S/C21H31N3O5S/c1-3-29-21(26)18-9-11-22(12-10-18)17(2)20(25)23-13-15-24(16-14-23)30(27,28)19-7-5-4-6-8-19/h4-8,17-18H,3,9-16H2,1-2H3. The SMILES string of the molecule is CCOC(=O)C1CCN(C(C)C(=O)N2CCN(S(=O)(=O)c3ccccc3)CC2)CC1. The normalized spacial score (nSPS) is 20.7. The third-order valence-electron chi connectivity index (χ3n) is 5.99. The highest BCUT2D eigenvalue weighted by atomic mass is 32.2. The van der Waals surface area contributed by atoms with Gasteiger partial charge in [0.2, 0.25) is 15.9 Å². The van der Waals surface area contributed by atoms with Crippen LogP contribution in [-0.4, -0.2) is 86.3 Å². The molecule has 1 aromatic rings. The second-order valence-electron chi connectivity index (χ2n) is 7.78. The van der Waals surface area contributed by atoms with Crippen molar-refractivity contribution in [2.45, 2.75) is 37.6 Å². The number of piperazine rings is 1. The van der Waals surface area contributed by atoms with E-state index in [2.05, 4.69) is 4.90 Å². The molecule has 3 rings (SSSR count). The lowest BCUT2D eigenvalue weighted by atomic mass is 9.96. The second-order valence-corrected chi connectivity index (χ2v) is 9.72. The largest absolute Gasteiger partial charge is 0.466 e. The van der Waals surface area contributed by atoms with Crippen LogP contribution in [0.25, 0.3) is 0 Å². The van der Waals surface area contributed by atoms with E-state index in [4.69, 9.17) is 4.74 Å². The number of sulfonamides is 1. The van der Waals surface area contributed by atoms with Gasteiger partial charge in [-0.1, -0.05) is 18.2 Å². The smallest absolute Gasteiger partial charge is 0.309 e. The van der Waals surface area contributed by atoms with Crippen LogP contribution in [0.4, 0.5) is 0 Å². The number of hydrogen-bond donors (Lipinski definition) is 0. The number of benzene rings is 1. The Labute approximate surface area is 178 Å². The van der Waals surface area contributed by atoms with Crippen molar-refractivity contribution in [2.24, 2.45) is 5.92 Å². The van der Waals surface area contributed by atoms with E-state index in [9.17, 15) is 18.0 Å². The molecule has 2 aliphatic heterocycles. The van der Waals surface area contributed by atoms with Crippen molar-refractivity contribution in [2.75, 3.05) is 45.9 Å². The number of likely N-dealkylation sites (tertiary alicyclic amines) is 1. The number of carbonyl (C=O) groups excluding carboxylic acids is 2. The number of rotatable bonds is 6. The second kappa shape index (κ2) is 9.89. The fraction of sp³-hybridized carbons (Fsp3) is 0.619. The molecule has 0 spiro atoms. The predicted octanol–water partition coefficient (Wildman–Crippen LogP) is 1.18. The third kappa shape index (κ3) is 5.01. The van der Waals surface area contributed by atoms with Crippen LogP contribution in [0, 0.1) is 5.92 Å². The summed E-state index contributed by atoms with van der Waals surface area (Å²) in [6.07, 6.45) is 1.39. The summed E-state index contributed by atoms with van der Waals surface area (Å²) >= 11 is 0. The molecule has 2 heterocycles. The van der Waals surface area contributed by atoms with Crippen LogP contribution < -0.4 is 0 Å². The summed E-state index contributed by atoms with van der Waals surface area (Å²) in [5.74, 6) is -0.219. The maximum absolute atomic E-state index is 13.0. The number of amides is 1. The lowest BCUT2D eigenvalue weighted by molar-refractivity contribution is -0.150. The molecule has 166 valence electrons. The summed E-state index contributed by atoms with van der Waals surface area (Å²) in [6.45, 7) is 6.79. The van der Waals surface area contributed by atoms with Gasteiger partial charge in [-0.15, -0.1) is 0 Å². The molecule has 2 aliphatic rings. The minimum absolute atomic E-state index is 0.0151. The Kier molecular flexibility index (Phi) is 7.49. The van der Waals surface area contributed by atoms with Gasteiger partial charge in [0.25, 0.3) is 0 Å². The van der Waals surface area contributed by atoms with Crippen LogP contribution in [0.15, 0.2) is 35.2 Å². The quantitative estimate of drug-likeness (QED) is 0.621. The highest BCUT2D eigenvalue weighted by molar-refractivity contribution is 7.89. The Morgan fingerprint density at radius 1 is 1.03 bits per heavy atom. The summed E-state index contributed by atoms with van der Waals surface area (Å²) in [6, 6.07) is 8.10. The van der Waals surface area contributed by atoms with Gasteiger partial charge in [-0.2, -0.15) is 4.31 Å². The molecule has 1 atom stereocenters. The van der Waals surface area contributed by atoms with E-state index in [1.807, 2.05) is 6.92 Å². The van der Waals surface area contributed by atoms with Crippen molar-refractivity contribution in [3.63, 3.8) is 0 Å². The van der Waals surface area contributed by atoms with Crippen molar-refractivity contribution >= 4 is 21.9 Å². The van der Waals surface area contributed by atoms with Gasteiger partial charge < -0.3 is 9.64 Å². The zero-order chi connectivity index (χ0) is 21.7. The molecular weight excluding hydrogens is 406 g/mol. The average molecular weight is 438 g/mol. The third-order valence-corrected chi connectivity index (χ3v) is 7.90. The number of nitrogens with zero attached hydrogens (tertiary/aromatic N) is 3. The first-order valence-corrected chi connectivity index (χ1v) is 12.0. The Hall–Kier alpha value is -1.97. The van der Waals surface area contributed by atoms with Crippen LogP contribution in [0.1, 0.15) is 26.7 Å². The molecule has 1 aromatic carbocycles. The van der Waals surface area contributed by atoms with Crippen LogP contribution in [-0.2, 0) is 24.3 Å². The Balaban J connectivity index is 1.51. The monoisotopic (exact) mass is 437 g/mol. The molecule has 1 amide bonds. The lowest BCUT2D eigenvalue weighted by Gasteiger charge is -2.39. The van der Waals surface area contributed by atoms with Crippen molar-refractivity contribution < 1.29 is 22.7 Å². The minimum Gasteiger partial charge on any atom is -0.466 e. The molecule has 9 heteroatoms. The van der Waals surface area contributed by atoms with Crippen LogP contribution in [0.2, 0.25) is 0 Å². The van der Waals surface area contributed by atoms with Crippen molar-refractivity contribution in [1.82, 2.24) is 14.1 Å². The van der Waals surface area contributed by atoms with Gasteiger partial charge in [-0.25, -0.2) is 8.42 Å². The molecule has 0 N–H and O–H groups in total. The van der Waals surface area contributed by atoms with E-state index in [-0.39, 0.29) is 28.7 Å². The zero-order valence-electron chi connectivity index (χ0n) is 17.7. The van der Waals surface area contributed by atoms with Gasteiger partial charge >= 0.3 is 5.97 Å². The molecular formula is C21H31N3O5S. The van der Waals surface area contributed by atoms with E-state index >= 15 is 0 Å². The van der Waals surface area contributed by atoms with Gasteiger partial charge in [0, 0.05) is 26.2 Å². The number of piperidine rings is 1. The molecule has 30 heavy (non-hydrogen) atoms. The van der Waals surface area contributed by atoms with Gasteiger partial charge in [-0.3, -0.25) is 14.5 Å². The number of carbonyl (C=O) groups is 2. The number of ether oxygens (including phenoxy) is 1. The molecule has 2 saturated heterocycles. The van der Waals surface area contributed by atoms with E-state index in [1.165, 1.54) is 4.31 Å². The Morgan fingerprint density at radius 3 is 2.20 bits per heavy atom. The number of esters is 1. The molecule has 0 saturated carbocycles. The fourth-order valence-electron chi connectivity index (χ4n) is 4.09. The van der Waals surface area contributed by atoms with Gasteiger partial charge in [0.15, 0.2) is 0 Å². The summed E-state index contributed by atoms with van der Waals surface area (Å²) in [5.41, 5.74) is 0. The molecule has 2 fully saturated rings. The van der Waals surface area contributed by atoms with E-state index in [0.717, 1.165) is 0 Å². The maximum atomic E-state index is 13.0. The lowest BCUT2D eigenvalue weighted by Crippen LogP contribution is -2.56. The zero-order valence-corrected chi connectivity index (χ0v) is 18.5. The minimum atomic E-state index is -3.53. The molecule has 0 radical (unpaired) electrons. The van der Waals surface area contributed by atoms with E-state index < -0.39 is 10.0 Å². The van der Waals surface area contributed by atoms with Crippen molar-refractivity contribution in [3.05, 3.63) is 30.3 Å². The Bertz CT molecular complexity index is 829. The fourth-order valence-corrected chi connectivity index (χ4v) is 5.54. The molecule has 0 aromatic heterocycles. The van der Waals surface area contributed by atoms with Crippen molar-refractivity contribution in [3.8, 4) is 0 Å². The molecule has 8 nitrogen and oxygen atoms in total. The van der Waals surface area contributed by atoms with Gasteiger partial charge in [0.1, 0.15) is 0 Å². The molecule has 0 aliphatic carbocycles. The van der Waals surface area contributed by atoms with Gasteiger partial charge in [-0.05, 0) is 51.9 Å². The van der Waals surface area contributed by atoms with Crippen molar-refractivity contribution in [1.29, 1.82) is 0 Å². The maximum Gasteiger partial charge on any atom is 0.309 e. The number of hydrogen-bond acceptors (Lipinski definition) is 6. The molecule has 0 bridgehead atoms. The first kappa shape index (κ1) is 22.7. The van der Waals surface area contributed by atoms with Gasteiger partial charge in [0.05, 0.1) is 23.5 Å². The summed E-state index contributed by atoms with van der Waals surface area (Å²) in [7, 11) is -3.53. The first-order valence-electron chi connectivity index (χ1n) is 10.6. The van der Waals surface area contributed by atoms with Crippen LogP contribution >= 0.6 is 0 Å². The summed E-state index contributed by atoms with van der Waals surface area (Å²) in [4.78, 5) is 29.0. The highest BCUT2D eigenvalue weighted by Gasteiger charge is 2.35. The topological polar surface area (TPSA) is 87.2 Å². The Morgan fingerprint density at radius 2 is 1.63 bits per heavy atom. The van der Waals surface area contributed by atoms with E-state index in [0.29, 0.717) is 58.7 Å². The predicted molar refractivity (Wildman–Crippen MR) is 112 cm³/mol. The van der Waals surface area contributed by atoms with E-state index in [1.54, 1.807) is 42.2 Å². The first-order chi connectivity index (χ1) is 14.3.